The fraction of sp³-hybridized carbons (Fsp3) is 0.471. The van der Waals surface area contributed by atoms with Crippen LogP contribution >= 0.6 is 11.3 Å². The van der Waals surface area contributed by atoms with Crippen molar-refractivity contribution >= 4 is 27.1 Å². The van der Waals surface area contributed by atoms with Gasteiger partial charge in [0.1, 0.15) is 5.82 Å². The Labute approximate surface area is 129 Å². The molecule has 2 nitrogen and oxygen atoms in total. The third-order valence-corrected chi connectivity index (χ3v) is 4.18. The maximum atomic E-state index is 13.4. The van der Waals surface area contributed by atoms with Gasteiger partial charge < -0.3 is 4.90 Å². The zero-order chi connectivity index (χ0) is 15.6. The quantitative estimate of drug-likeness (QED) is 0.809. The summed E-state index contributed by atoms with van der Waals surface area (Å²) in [5.41, 5.74) is 0.630. The molecule has 4 heteroatoms. The van der Waals surface area contributed by atoms with Crippen LogP contribution in [-0.2, 0) is 0 Å². The molecule has 1 aromatic heterocycles. The van der Waals surface area contributed by atoms with Crippen LogP contribution in [0.1, 0.15) is 27.7 Å². The molecule has 0 fully saturated rings. The van der Waals surface area contributed by atoms with Crippen molar-refractivity contribution in [2.45, 2.75) is 27.7 Å². The van der Waals surface area contributed by atoms with Gasteiger partial charge in [0.15, 0.2) is 0 Å². The molecule has 2 rings (SSSR count). The van der Waals surface area contributed by atoms with E-state index in [1.54, 1.807) is 6.07 Å². The molecule has 1 heterocycles. The zero-order valence-corrected chi connectivity index (χ0v) is 13.8. The highest BCUT2D eigenvalue weighted by molar-refractivity contribution is 7.16. The first kappa shape index (κ1) is 16.0. The van der Waals surface area contributed by atoms with E-state index in [1.165, 1.54) is 23.5 Å². The Morgan fingerprint density at radius 3 is 2.33 bits per heavy atom. The molecule has 0 spiro atoms. The van der Waals surface area contributed by atoms with Crippen molar-refractivity contribution in [1.29, 1.82) is 0 Å². The molecule has 114 valence electrons. The van der Waals surface area contributed by atoms with E-state index >= 15 is 0 Å². The van der Waals surface area contributed by atoms with Gasteiger partial charge in [0.05, 0.1) is 5.69 Å². The van der Waals surface area contributed by atoms with Crippen molar-refractivity contribution in [3.8, 4) is 0 Å². The van der Waals surface area contributed by atoms with Crippen molar-refractivity contribution in [2.24, 2.45) is 11.8 Å². The van der Waals surface area contributed by atoms with E-state index in [4.69, 9.17) is 0 Å². The van der Waals surface area contributed by atoms with Gasteiger partial charge in [0.25, 0.3) is 0 Å². The topological polar surface area (TPSA) is 20.3 Å². The Bertz CT molecular complexity index is 668. The van der Waals surface area contributed by atoms with Gasteiger partial charge in [-0.05, 0) is 30.0 Å². The summed E-state index contributed by atoms with van der Waals surface area (Å²) in [5, 5.41) is 2.39. The highest BCUT2D eigenvalue weighted by Gasteiger charge is 2.15. The van der Waals surface area contributed by atoms with Gasteiger partial charge in [0.2, 0.25) is 5.43 Å². The van der Waals surface area contributed by atoms with Crippen molar-refractivity contribution < 1.29 is 4.39 Å². The summed E-state index contributed by atoms with van der Waals surface area (Å²) >= 11 is 1.50. The molecule has 0 atom stereocenters. The van der Waals surface area contributed by atoms with E-state index in [2.05, 4.69) is 32.6 Å². The molecule has 0 aliphatic carbocycles. The second-order valence-corrected chi connectivity index (χ2v) is 7.19. The van der Waals surface area contributed by atoms with Gasteiger partial charge in [0, 0.05) is 28.6 Å². The zero-order valence-electron chi connectivity index (χ0n) is 13.0. The van der Waals surface area contributed by atoms with Gasteiger partial charge in [-0.15, -0.1) is 11.3 Å². The molecular formula is C17H22FNOS. The molecule has 0 saturated heterocycles. The first-order chi connectivity index (χ1) is 9.88. The molecule has 21 heavy (non-hydrogen) atoms. The number of rotatable bonds is 5. The molecule has 0 aliphatic rings. The number of hydrogen-bond acceptors (Lipinski definition) is 3. The second kappa shape index (κ2) is 6.56. The Morgan fingerprint density at radius 2 is 1.76 bits per heavy atom. The summed E-state index contributed by atoms with van der Waals surface area (Å²) in [7, 11) is 0. The van der Waals surface area contributed by atoms with Crippen LogP contribution in [0.4, 0.5) is 10.1 Å². The van der Waals surface area contributed by atoms with E-state index in [9.17, 15) is 9.18 Å². The maximum Gasteiger partial charge on any atom is 0.211 e. The minimum absolute atomic E-state index is 0.0652. The van der Waals surface area contributed by atoms with E-state index < -0.39 is 0 Å². The third-order valence-electron chi connectivity index (χ3n) is 3.23. The molecule has 1 aromatic carbocycles. The average molecular weight is 307 g/mol. The minimum Gasteiger partial charge on any atom is -0.367 e. The van der Waals surface area contributed by atoms with Gasteiger partial charge in [-0.2, -0.15) is 0 Å². The summed E-state index contributed by atoms with van der Waals surface area (Å²) in [4.78, 5) is 14.8. The van der Waals surface area contributed by atoms with Gasteiger partial charge in [-0.1, -0.05) is 27.7 Å². The van der Waals surface area contributed by atoms with Crippen molar-refractivity contribution in [1.82, 2.24) is 0 Å². The van der Waals surface area contributed by atoms with Crippen LogP contribution in [0.5, 0.6) is 0 Å². The smallest absolute Gasteiger partial charge is 0.211 e. The Kier molecular flexibility index (Phi) is 4.99. The molecule has 0 aliphatic heterocycles. The Balaban J connectivity index is 2.52. The third kappa shape index (κ3) is 3.82. The van der Waals surface area contributed by atoms with Crippen LogP contribution in [0.2, 0.25) is 0 Å². The SMILES string of the molecule is CC(C)CN(CC(C)C)c1csc2ccc(F)cc2c1=O. The lowest BCUT2D eigenvalue weighted by Gasteiger charge is -2.27. The lowest BCUT2D eigenvalue weighted by Crippen LogP contribution is -2.34. The number of anilines is 1. The van der Waals surface area contributed by atoms with Crippen LogP contribution in [0.15, 0.2) is 28.4 Å². The largest absolute Gasteiger partial charge is 0.367 e. The lowest BCUT2D eigenvalue weighted by atomic mass is 10.1. The molecule has 0 amide bonds. The van der Waals surface area contributed by atoms with E-state index in [0.717, 1.165) is 17.8 Å². The summed E-state index contributed by atoms with van der Waals surface area (Å²) in [6, 6.07) is 4.42. The van der Waals surface area contributed by atoms with Crippen LogP contribution in [0.3, 0.4) is 0 Å². The van der Waals surface area contributed by atoms with Crippen LogP contribution < -0.4 is 10.3 Å². The maximum absolute atomic E-state index is 13.4. The van der Waals surface area contributed by atoms with E-state index in [-0.39, 0.29) is 11.2 Å². The number of nitrogens with zero attached hydrogens (tertiary/aromatic N) is 1. The van der Waals surface area contributed by atoms with Gasteiger partial charge >= 0.3 is 0 Å². The highest BCUT2D eigenvalue weighted by atomic mass is 32.1. The molecule has 0 radical (unpaired) electrons. The molecule has 0 N–H and O–H groups in total. The van der Waals surface area contributed by atoms with E-state index in [0.29, 0.717) is 22.9 Å². The summed E-state index contributed by atoms with van der Waals surface area (Å²) < 4.78 is 14.3. The van der Waals surface area contributed by atoms with Crippen molar-refractivity contribution in [3.63, 3.8) is 0 Å². The fourth-order valence-electron chi connectivity index (χ4n) is 2.46. The number of hydrogen-bond donors (Lipinski definition) is 0. The summed E-state index contributed by atoms with van der Waals surface area (Å²) in [6.07, 6.45) is 0. The van der Waals surface area contributed by atoms with Gasteiger partial charge in [-0.25, -0.2) is 4.39 Å². The molecule has 0 bridgehead atoms. The second-order valence-electron chi connectivity index (χ2n) is 6.28. The predicted octanol–water partition coefficient (Wildman–Crippen LogP) is 4.52. The highest BCUT2D eigenvalue weighted by Crippen LogP contribution is 2.23. The predicted molar refractivity (Wildman–Crippen MR) is 89.9 cm³/mol. The fourth-order valence-corrected chi connectivity index (χ4v) is 3.38. The standard InChI is InChI=1S/C17H22FNOS/c1-11(2)8-19(9-12(3)4)15-10-21-16-6-5-13(18)7-14(16)17(15)20/h5-7,10-12H,8-9H2,1-4H3. The first-order valence-corrected chi connectivity index (χ1v) is 8.22. The molecular weight excluding hydrogens is 285 g/mol. The first-order valence-electron chi connectivity index (χ1n) is 7.34. The monoisotopic (exact) mass is 307 g/mol. The molecule has 0 saturated carbocycles. The molecule has 0 unspecified atom stereocenters. The number of fused-ring (bicyclic) bond motifs is 1. The number of halogens is 1. The molecule has 2 aromatic rings. The van der Waals surface area contributed by atoms with E-state index in [1.807, 2.05) is 5.38 Å². The number of benzene rings is 1. The summed E-state index contributed by atoms with van der Waals surface area (Å²) in [6.45, 7) is 10.2. The Morgan fingerprint density at radius 1 is 1.14 bits per heavy atom. The average Bonchev–Trinajstić information content (AvgIpc) is 2.38. The van der Waals surface area contributed by atoms with Crippen molar-refractivity contribution in [3.05, 3.63) is 39.6 Å². The summed E-state index contributed by atoms with van der Waals surface area (Å²) in [5.74, 6) is 0.580. The van der Waals surface area contributed by atoms with Crippen LogP contribution in [-0.4, -0.2) is 13.1 Å². The van der Waals surface area contributed by atoms with Gasteiger partial charge in [-0.3, -0.25) is 4.79 Å². The normalized spacial score (nSPS) is 11.6. The van der Waals surface area contributed by atoms with Crippen LogP contribution in [0.25, 0.3) is 10.1 Å². The van der Waals surface area contributed by atoms with Crippen LogP contribution in [0, 0.1) is 17.7 Å². The Hall–Kier alpha value is -1.42. The minimum atomic E-state index is -0.358. The van der Waals surface area contributed by atoms with Crippen molar-refractivity contribution in [2.75, 3.05) is 18.0 Å². The lowest BCUT2D eigenvalue weighted by molar-refractivity contribution is 0.552.